The lowest BCUT2D eigenvalue weighted by Gasteiger charge is -2.16. The quantitative estimate of drug-likeness (QED) is 0.931. The van der Waals surface area contributed by atoms with Crippen LogP contribution in [0.15, 0.2) is 18.2 Å². The average Bonchev–Trinajstić information content (AvgIpc) is 2.77. The fourth-order valence-electron chi connectivity index (χ4n) is 3.18. The lowest BCUT2D eigenvalue weighted by atomic mass is 10.0. The SMILES string of the molecule is Cc1cc(CN)ccc1Cn1c(C)nc2c1CCCC2. The van der Waals surface area contributed by atoms with Crippen LogP contribution >= 0.6 is 0 Å². The summed E-state index contributed by atoms with van der Waals surface area (Å²) in [6, 6.07) is 6.56. The monoisotopic (exact) mass is 269 g/mol. The van der Waals surface area contributed by atoms with Crippen LogP contribution in [0.3, 0.4) is 0 Å². The van der Waals surface area contributed by atoms with Crippen LogP contribution in [0.5, 0.6) is 0 Å². The van der Waals surface area contributed by atoms with E-state index in [0.717, 1.165) is 18.8 Å². The molecule has 0 aliphatic heterocycles. The number of nitrogens with two attached hydrogens (primary N) is 1. The van der Waals surface area contributed by atoms with Crippen LogP contribution in [0.25, 0.3) is 0 Å². The number of benzene rings is 1. The van der Waals surface area contributed by atoms with Gasteiger partial charge in [0.1, 0.15) is 5.82 Å². The minimum Gasteiger partial charge on any atom is -0.328 e. The van der Waals surface area contributed by atoms with Gasteiger partial charge in [0.15, 0.2) is 0 Å². The van der Waals surface area contributed by atoms with E-state index in [1.807, 2.05) is 0 Å². The van der Waals surface area contributed by atoms with Crippen molar-refractivity contribution in [3.63, 3.8) is 0 Å². The van der Waals surface area contributed by atoms with Crippen molar-refractivity contribution in [3.8, 4) is 0 Å². The molecule has 0 saturated heterocycles. The first-order chi connectivity index (χ1) is 9.69. The molecule has 0 amide bonds. The highest BCUT2D eigenvalue weighted by Crippen LogP contribution is 2.24. The fourth-order valence-corrected chi connectivity index (χ4v) is 3.18. The zero-order valence-electron chi connectivity index (χ0n) is 12.4. The van der Waals surface area contributed by atoms with Crippen molar-refractivity contribution in [2.24, 2.45) is 5.73 Å². The molecule has 0 atom stereocenters. The molecule has 3 rings (SSSR count). The first kappa shape index (κ1) is 13.4. The van der Waals surface area contributed by atoms with Crippen LogP contribution in [0.1, 0.15) is 46.7 Å². The molecule has 2 N–H and O–H groups in total. The van der Waals surface area contributed by atoms with Gasteiger partial charge in [0, 0.05) is 18.8 Å². The van der Waals surface area contributed by atoms with E-state index in [-0.39, 0.29) is 0 Å². The Hall–Kier alpha value is -1.61. The summed E-state index contributed by atoms with van der Waals surface area (Å²) in [5.74, 6) is 1.15. The number of aromatic nitrogens is 2. The minimum atomic E-state index is 0.612. The van der Waals surface area contributed by atoms with Crippen molar-refractivity contribution in [3.05, 3.63) is 52.1 Å². The van der Waals surface area contributed by atoms with Crippen molar-refractivity contribution >= 4 is 0 Å². The fraction of sp³-hybridized carbons (Fsp3) is 0.471. The van der Waals surface area contributed by atoms with E-state index >= 15 is 0 Å². The van der Waals surface area contributed by atoms with E-state index in [1.54, 1.807) is 0 Å². The third-order valence-electron chi connectivity index (χ3n) is 4.39. The van der Waals surface area contributed by atoms with Gasteiger partial charge in [-0.05, 0) is 56.2 Å². The van der Waals surface area contributed by atoms with Gasteiger partial charge in [0.25, 0.3) is 0 Å². The third kappa shape index (κ3) is 2.38. The van der Waals surface area contributed by atoms with Gasteiger partial charge < -0.3 is 10.3 Å². The van der Waals surface area contributed by atoms with Crippen molar-refractivity contribution in [2.75, 3.05) is 0 Å². The Labute approximate surface area is 120 Å². The first-order valence-electron chi connectivity index (χ1n) is 7.52. The van der Waals surface area contributed by atoms with Gasteiger partial charge >= 0.3 is 0 Å². The van der Waals surface area contributed by atoms with Crippen molar-refractivity contribution < 1.29 is 0 Å². The Bertz CT molecular complexity index is 625. The number of nitrogens with zero attached hydrogens (tertiary/aromatic N) is 2. The molecule has 106 valence electrons. The number of imidazole rings is 1. The Morgan fingerprint density at radius 1 is 1.20 bits per heavy atom. The average molecular weight is 269 g/mol. The van der Waals surface area contributed by atoms with E-state index in [0.29, 0.717) is 6.54 Å². The van der Waals surface area contributed by atoms with Gasteiger partial charge in [-0.3, -0.25) is 0 Å². The van der Waals surface area contributed by atoms with E-state index in [1.165, 1.54) is 47.3 Å². The van der Waals surface area contributed by atoms with Crippen LogP contribution < -0.4 is 5.73 Å². The molecular formula is C17H23N3. The number of hydrogen-bond acceptors (Lipinski definition) is 2. The second-order valence-electron chi connectivity index (χ2n) is 5.81. The molecule has 2 aromatic rings. The molecule has 0 bridgehead atoms. The Kier molecular flexibility index (Phi) is 3.62. The molecule has 0 saturated carbocycles. The Morgan fingerprint density at radius 2 is 2.00 bits per heavy atom. The van der Waals surface area contributed by atoms with Gasteiger partial charge in [-0.2, -0.15) is 0 Å². The molecule has 20 heavy (non-hydrogen) atoms. The van der Waals surface area contributed by atoms with E-state index in [9.17, 15) is 0 Å². The van der Waals surface area contributed by atoms with Gasteiger partial charge in [-0.1, -0.05) is 18.2 Å². The maximum absolute atomic E-state index is 5.70. The van der Waals surface area contributed by atoms with Crippen LogP contribution in [0.2, 0.25) is 0 Å². The van der Waals surface area contributed by atoms with Crippen LogP contribution in [0, 0.1) is 13.8 Å². The molecule has 1 heterocycles. The molecule has 0 radical (unpaired) electrons. The van der Waals surface area contributed by atoms with Crippen molar-refractivity contribution in [1.29, 1.82) is 0 Å². The summed E-state index contributed by atoms with van der Waals surface area (Å²) in [6.45, 7) is 5.85. The molecule has 3 nitrogen and oxygen atoms in total. The molecule has 1 aromatic heterocycles. The maximum Gasteiger partial charge on any atom is 0.106 e. The summed E-state index contributed by atoms with van der Waals surface area (Å²) in [7, 11) is 0. The summed E-state index contributed by atoms with van der Waals surface area (Å²) >= 11 is 0. The van der Waals surface area contributed by atoms with Crippen LogP contribution in [-0.2, 0) is 25.9 Å². The van der Waals surface area contributed by atoms with Crippen molar-refractivity contribution in [1.82, 2.24) is 9.55 Å². The van der Waals surface area contributed by atoms with E-state index in [2.05, 4.69) is 36.6 Å². The maximum atomic E-state index is 5.70. The predicted molar refractivity (Wildman–Crippen MR) is 81.8 cm³/mol. The largest absolute Gasteiger partial charge is 0.328 e. The third-order valence-corrected chi connectivity index (χ3v) is 4.39. The molecule has 1 aromatic carbocycles. The highest BCUT2D eigenvalue weighted by molar-refractivity contribution is 5.32. The summed E-state index contributed by atoms with van der Waals surface area (Å²) in [5.41, 5.74) is 12.4. The smallest absolute Gasteiger partial charge is 0.106 e. The topological polar surface area (TPSA) is 43.8 Å². The first-order valence-corrected chi connectivity index (χ1v) is 7.52. The lowest BCUT2D eigenvalue weighted by Crippen LogP contribution is -2.11. The second-order valence-corrected chi connectivity index (χ2v) is 5.81. The van der Waals surface area contributed by atoms with Gasteiger partial charge in [-0.25, -0.2) is 4.98 Å². The zero-order chi connectivity index (χ0) is 14.1. The number of rotatable bonds is 3. The van der Waals surface area contributed by atoms with Crippen LogP contribution in [-0.4, -0.2) is 9.55 Å². The molecule has 1 aliphatic carbocycles. The van der Waals surface area contributed by atoms with Gasteiger partial charge in [-0.15, -0.1) is 0 Å². The van der Waals surface area contributed by atoms with E-state index in [4.69, 9.17) is 10.7 Å². The molecular weight excluding hydrogens is 246 g/mol. The van der Waals surface area contributed by atoms with Gasteiger partial charge in [0.05, 0.1) is 5.69 Å². The predicted octanol–water partition coefficient (Wildman–Crippen LogP) is 2.89. The number of hydrogen-bond donors (Lipinski definition) is 1. The summed E-state index contributed by atoms with van der Waals surface area (Å²) in [4.78, 5) is 4.75. The minimum absolute atomic E-state index is 0.612. The summed E-state index contributed by atoms with van der Waals surface area (Å²) in [6.07, 6.45) is 4.90. The number of aryl methyl sites for hydroxylation is 3. The lowest BCUT2D eigenvalue weighted by molar-refractivity contribution is 0.623. The van der Waals surface area contributed by atoms with Gasteiger partial charge in [0.2, 0.25) is 0 Å². The summed E-state index contributed by atoms with van der Waals surface area (Å²) < 4.78 is 2.40. The molecule has 3 heteroatoms. The zero-order valence-corrected chi connectivity index (χ0v) is 12.4. The molecule has 0 unspecified atom stereocenters. The normalized spacial score (nSPS) is 14.3. The standard InChI is InChI=1S/C17H23N3/c1-12-9-14(10-18)7-8-15(12)11-20-13(2)19-16-5-3-4-6-17(16)20/h7-9H,3-6,10-11,18H2,1-2H3. The molecule has 0 spiro atoms. The Balaban J connectivity index is 1.93. The Morgan fingerprint density at radius 3 is 2.75 bits per heavy atom. The van der Waals surface area contributed by atoms with E-state index < -0.39 is 0 Å². The molecule has 1 aliphatic rings. The highest BCUT2D eigenvalue weighted by atomic mass is 15.1. The second kappa shape index (κ2) is 5.41. The summed E-state index contributed by atoms with van der Waals surface area (Å²) in [5, 5.41) is 0. The number of fused-ring (bicyclic) bond motifs is 1. The molecule has 0 fully saturated rings. The highest BCUT2D eigenvalue weighted by Gasteiger charge is 2.18. The van der Waals surface area contributed by atoms with Crippen molar-refractivity contribution in [2.45, 2.75) is 52.6 Å². The van der Waals surface area contributed by atoms with Crippen LogP contribution in [0.4, 0.5) is 0 Å².